The van der Waals surface area contributed by atoms with Gasteiger partial charge in [0.15, 0.2) is 0 Å². The highest BCUT2D eigenvalue weighted by Gasteiger charge is 2.37. The van der Waals surface area contributed by atoms with Crippen LogP contribution in [0, 0.1) is 18.8 Å². The lowest BCUT2D eigenvalue weighted by Gasteiger charge is -2.08. The molecule has 1 aromatic heterocycles. The maximum absolute atomic E-state index is 6.12. The second-order valence-corrected chi connectivity index (χ2v) is 5.43. The van der Waals surface area contributed by atoms with E-state index in [4.69, 9.17) is 5.73 Å². The van der Waals surface area contributed by atoms with Gasteiger partial charge in [0.25, 0.3) is 0 Å². The first-order valence-corrected chi connectivity index (χ1v) is 5.84. The van der Waals surface area contributed by atoms with Gasteiger partial charge in [-0.2, -0.15) is 0 Å². The normalized spacial score (nSPS) is 28.8. The molecule has 0 saturated heterocycles. The molecular formula is C11H17NS. The molecule has 1 saturated carbocycles. The summed E-state index contributed by atoms with van der Waals surface area (Å²) >= 11 is 1.82. The Balaban J connectivity index is 1.91. The van der Waals surface area contributed by atoms with Crippen molar-refractivity contribution >= 4 is 11.3 Å². The quantitative estimate of drug-likeness (QED) is 0.788. The Labute approximate surface area is 84.0 Å². The Morgan fingerprint density at radius 2 is 2.38 bits per heavy atom. The van der Waals surface area contributed by atoms with Crippen molar-refractivity contribution in [3.63, 3.8) is 0 Å². The van der Waals surface area contributed by atoms with Crippen LogP contribution in [-0.4, -0.2) is 6.04 Å². The van der Waals surface area contributed by atoms with Gasteiger partial charge >= 0.3 is 0 Å². The number of thiophene rings is 1. The van der Waals surface area contributed by atoms with Gasteiger partial charge in [0.1, 0.15) is 0 Å². The summed E-state index contributed by atoms with van der Waals surface area (Å²) in [5, 5.41) is 2.24. The zero-order valence-electron chi connectivity index (χ0n) is 8.29. The number of hydrogen-bond acceptors (Lipinski definition) is 2. The molecule has 0 aromatic carbocycles. The SMILES string of the molecule is Cc1cc(CC(N)C2CC2C)cs1. The maximum Gasteiger partial charge on any atom is 0.0111 e. The molecular weight excluding hydrogens is 178 g/mol. The second-order valence-electron chi connectivity index (χ2n) is 4.31. The fourth-order valence-corrected chi connectivity index (χ4v) is 2.70. The number of hydrogen-bond donors (Lipinski definition) is 1. The van der Waals surface area contributed by atoms with Crippen molar-refractivity contribution in [1.29, 1.82) is 0 Å². The largest absolute Gasteiger partial charge is 0.327 e. The fourth-order valence-electron chi connectivity index (χ4n) is 1.98. The van der Waals surface area contributed by atoms with Gasteiger partial charge in [0.05, 0.1) is 0 Å². The zero-order valence-corrected chi connectivity index (χ0v) is 9.10. The zero-order chi connectivity index (χ0) is 9.42. The van der Waals surface area contributed by atoms with Crippen molar-refractivity contribution in [2.24, 2.45) is 17.6 Å². The summed E-state index contributed by atoms with van der Waals surface area (Å²) in [6.07, 6.45) is 2.41. The lowest BCUT2D eigenvalue weighted by Crippen LogP contribution is -2.25. The Bertz CT molecular complexity index is 292. The predicted octanol–water partition coefficient (Wildman–Crippen LogP) is 2.58. The summed E-state index contributed by atoms with van der Waals surface area (Å²) in [5.74, 6) is 1.66. The lowest BCUT2D eigenvalue weighted by molar-refractivity contribution is 0.561. The van der Waals surface area contributed by atoms with Crippen molar-refractivity contribution in [1.82, 2.24) is 0 Å². The van der Waals surface area contributed by atoms with E-state index in [0.29, 0.717) is 6.04 Å². The molecule has 2 N–H and O–H groups in total. The summed E-state index contributed by atoms with van der Waals surface area (Å²) in [7, 11) is 0. The highest BCUT2D eigenvalue weighted by molar-refractivity contribution is 7.10. The van der Waals surface area contributed by atoms with Crippen LogP contribution in [-0.2, 0) is 6.42 Å². The number of aryl methyl sites for hydroxylation is 1. The van der Waals surface area contributed by atoms with E-state index in [1.165, 1.54) is 16.9 Å². The Morgan fingerprint density at radius 1 is 1.69 bits per heavy atom. The molecule has 0 bridgehead atoms. The van der Waals surface area contributed by atoms with Gasteiger partial charge in [-0.1, -0.05) is 6.92 Å². The third kappa shape index (κ3) is 2.12. The third-order valence-electron chi connectivity index (χ3n) is 2.98. The maximum atomic E-state index is 6.12. The van der Waals surface area contributed by atoms with Gasteiger partial charge in [-0.05, 0) is 48.6 Å². The van der Waals surface area contributed by atoms with Crippen LogP contribution >= 0.6 is 11.3 Å². The molecule has 1 fully saturated rings. The minimum atomic E-state index is 0.393. The Morgan fingerprint density at radius 3 is 2.85 bits per heavy atom. The van der Waals surface area contributed by atoms with Crippen molar-refractivity contribution in [2.45, 2.75) is 32.7 Å². The van der Waals surface area contributed by atoms with Crippen LogP contribution in [0.25, 0.3) is 0 Å². The smallest absolute Gasteiger partial charge is 0.0111 e. The molecule has 0 amide bonds. The van der Waals surface area contributed by atoms with Crippen LogP contribution in [0.3, 0.4) is 0 Å². The molecule has 2 heteroatoms. The van der Waals surface area contributed by atoms with Gasteiger partial charge in [0, 0.05) is 10.9 Å². The van der Waals surface area contributed by atoms with Crippen molar-refractivity contribution in [3.05, 3.63) is 21.9 Å². The lowest BCUT2D eigenvalue weighted by atomic mass is 10.0. The minimum absolute atomic E-state index is 0.393. The highest BCUT2D eigenvalue weighted by atomic mass is 32.1. The van der Waals surface area contributed by atoms with Gasteiger partial charge in [0.2, 0.25) is 0 Å². The summed E-state index contributed by atoms with van der Waals surface area (Å²) in [6.45, 7) is 4.45. The first-order chi connectivity index (χ1) is 6.16. The standard InChI is InChI=1S/C11H17NS/c1-7-3-10(7)11(12)5-9-4-8(2)13-6-9/h4,6-7,10-11H,3,5,12H2,1-2H3. The Kier molecular flexibility index (Phi) is 2.43. The molecule has 13 heavy (non-hydrogen) atoms. The average molecular weight is 195 g/mol. The van der Waals surface area contributed by atoms with Gasteiger partial charge in [-0.25, -0.2) is 0 Å². The van der Waals surface area contributed by atoms with Crippen molar-refractivity contribution in [3.8, 4) is 0 Å². The first kappa shape index (κ1) is 9.22. The van der Waals surface area contributed by atoms with E-state index in [-0.39, 0.29) is 0 Å². The molecule has 0 spiro atoms. The van der Waals surface area contributed by atoms with E-state index >= 15 is 0 Å². The predicted molar refractivity (Wildman–Crippen MR) is 58.0 cm³/mol. The molecule has 1 heterocycles. The average Bonchev–Trinajstić information content (AvgIpc) is 2.66. The topological polar surface area (TPSA) is 26.0 Å². The summed E-state index contributed by atoms with van der Waals surface area (Å²) in [6, 6.07) is 2.65. The molecule has 3 unspecified atom stereocenters. The van der Waals surface area contributed by atoms with E-state index in [1.807, 2.05) is 11.3 Å². The van der Waals surface area contributed by atoms with Crippen molar-refractivity contribution < 1.29 is 0 Å². The van der Waals surface area contributed by atoms with Crippen LogP contribution in [0.4, 0.5) is 0 Å². The molecule has 2 rings (SSSR count). The Hall–Kier alpha value is -0.340. The second kappa shape index (κ2) is 3.43. The number of nitrogens with two attached hydrogens (primary N) is 1. The molecule has 3 atom stereocenters. The molecule has 0 radical (unpaired) electrons. The van der Waals surface area contributed by atoms with Crippen LogP contribution in [0.5, 0.6) is 0 Å². The molecule has 1 aliphatic carbocycles. The third-order valence-corrected chi connectivity index (χ3v) is 3.89. The molecule has 72 valence electrons. The molecule has 1 aliphatic rings. The summed E-state index contributed by atoms with van der Waals surface area (Å²) < 4.78 is 0. The van der Waals surface area contributed by atoms with Crippen LogP contribution < -0.4 is 5.73 Å². The van der Waals surface area contributed by atoms with E-state index < -0.39 is 0 Å². The van der Waals surface area contributed by atoms with E-state index in [0.717, 1.165) is 18.3 Å². The van der Waals surface area contributed by atoms with Crippen LogP contribution in [0.1, 0.15) is 23.8 Å². The van der Waals surface area contributed by atoms with Gasteiger partial charge < -0.3 is 5.73 Å². The molecule has 1 aromatic rings. The minimum Gasteiger partial charge on any atom is -0.327 e. The first-order valence-electron chi connectivity index (χ1n) is 4.96. The van der Waals surface area contributed by atoms with Gasteiger partial charge in [-0.3, -0.25) is 0 Å². The van der Waals surface area contributed by atoms with Gasteiger partial charge in [-0.15, -0.1) is 11.3 Å². The molecule has 0 aliphatic heterocycles. The monoisotopic (exact) mass is 195 g/mol. The van der Waals surface area contributed by atoms with E-state index in [1.54, 1.807) is 0 Å². The van der Waals surface area contributed by atoms with Crippen molar-refractivity contribution in [2.75, 3.05) is 0 Å². The highest BCUT2D eigenvalue weighted by Crippen LogP contribution is 2.40. The number of rotatable bonds is 3. The summed E-state index contributed by atoms with van der Waals surface area (Å²) in [4.78, 5) is 1.39. The van der Waals surface area contributed by atoms with Crippen LogP contribution in [0.15, 0.2) is 11.4 Å². The van der Waals surface area contributed by atoms with Crippen LogP contribution in [0.2, 0.25) is 0 Å². The van der Waals surface area contributed by atoms with E-state index in [9.17, 15) is 0 Å². The molecule has 1 nitrogen and oxygen atoms in total. The summed E-state index contributed by atoms with van der Waals surface area (Å²) in [5.41, 5.74) is 7.54. The fraction of sp³-hybridized carbons (Fsp3) is 0.636. The van der Waals surface area contributed by atoms with E-state index in [2.05, 4.69) is 25.3 Å².